The van der Waals surface area contributed by atoms with Gasteiger partial charge in [0, 0.05) is 0 Å². The van der Waals surface area contributed by atoms with Crippen LogP contribution in [0.4, 0.5) is 0 Å². The van der Waals surface area contributed by atoms with Crippen LogP contribution in [0, 0.1) is 0 Å². The highest BCUT2D eigenvalue weighted by atomic mass is 16.5. The molecule has 0 amide bonds. The second-order valence-corrected chi connectivity index (χ2v) is 3.05. The van der Waals surface area contributed by atoms with E-state index in [1.807, 2.05) is 13.0 Å². The highest BCUT2D eigenvalue weighted by molar-refractivity contribution is 5.92. The van der Waals surface area contributed by atoms with Gasteiger partial charge in [-0.1, -0.05) is 25.5 Å². The first-order chi connectivity index (χ1) is 6.70. The van der Waals surface area contributed by atoms with Crippen molar-refractivity contribution >= 4 is 5.97 Å². The van der Waals surface area contributed by atoms with E-state index in [0.29, 0.717) is 0 Å². The smallest absolute Gasteiger partial charge is 0.341 e. The molecule has 0 spiro atoms. The van der Waals surface area contributed by atoms with Gasteiger partial charge in [0.05, 0.1) is 7.11 Å². The Kier molecular flexibility index (Phi) is 3.51. The summed E-state index contributed by atoms with van der Waals surface area (Å²) in [7, 11) is 1.30. The van der Waals surface area contributed by atoms with Gasteiger partial charge in [-0.05, 0) is 18.1 Å². The minimum Gasteiger partial charge on any atom is -0.507 e. The lowest BCUT2D eigenvalue weighted by Gasteiger charge is -2.06. The number of para-hydroxylation sites is 1. The van der Waals surface area contributed by atoms with E-state index in [9.17, 15) is 9.90 Å². The first kappa shape index (κ1) is 10.6. The quantitative estimate of drug-likeness (QED) is 0.750. The number of carbonyl (C=O) groups is 1. The molecule has 0 unspecified atom stereocenters. The number of aromatic hydroxyl groups is 1. The fourth-order valence-corrected chi connectivity index (χ4v) is 1.34. The fourth-order valence-electron chi connectivity index (χ4n) is 1.34. The van der Waals surface area contributed by atoms with Crippen molar-refractivity contribution in [1.82, 2.24) is 0 Å². The molecule has 0 radical (unpaired) electrons. The van der Waals surface area contributed by atoms with E-state index >= 15 is 0 Å². The zero-order valence-electron chi connectivity index (χ0n) is 8.41. The van der Waals surface area contributed by atoms with E-state index in [2.05, 4.69) is 4.74 Å². The van der Waals surface area contributed by atoms with Gasteiger partial charge in [0.2, 0.25) is 0 Å². The minimum absolute atomic E-state index is 0.0428. The summed E-state index contributed by atoms with van der Waals surface area (Å²) in [5.41, 5.74) is 1.02. The summed E-state index contributed by atoms with van der Waals surface area (Å²) in [4.78, 5) is 11.2. The topological polar surface area (TPSA) is 46.5 Å². The van der Waals surface area contributed by atoms with Gasteiger partial charge in [0.15, 0.2) is 0 Å². The van der Waals surface area contributed by atoms with E-state index in [0.717, 1.165) is 18.4 Å². The Balaban J connectivity index is 3.07. The molecule has 76 valence electrons. The molecule has 1 aromatic carbocycles. The second-order valence-electron chi connectivity index (χ2n) is 3.05. The maximum absolute atomic E-state index is 11.2. The van der Waals surface area contributed by atoms with Crippen molar-refractivity contribution in [3.63, 3.8) is 0 Å². The van der Waals surface area contributed by atoms with Gasteiger partial charge in [-0.25, -0.2) is 4.79 Å². The predicted octanol–water partition coefficient (Wildman–Crippen LogP) is 2.13. The number of benzene rings is 1. The van der Waals surface area contributed by atoms with Gasteiger partial charge in [0.25, 0.3) is 0 Å². The zero-order chi connectivity index (χ0) is 10.6. The van der Waals surface area contributed by atoms with Crippen molar-refractivity contribution in [2.75, 3.05) is 7.11 Å². The van der Waals surface area contributed by atoms with Gasteiger partial charge in [-0.3, -0.25) is 0 Å². The van der Waals surface area contributed by atoms with Crippen molar-refractivity contribution in [2.24, 2.45) is 0 Å². The zero-order valence-corrected chi connectivity index (χ0v) is 8.41. The van der Waals surface area contributed by atoms with E-state index in [1.165, 1.54) is 7.11 Å². The molecule has 3 heteroatoms. The molecule has 0 fully saturated rings. The number of hydrogen-bond donors (Lipinski definition) is 1. The van der Waals surface area contributed by atoms with Crippen molar-refractivity contribution < 1.29 is 14.6 Å². The Hall–Kier alpha value is -1.51. The molecule has 0 atom stereocenters. The van der Waals surface area contributed by atoms with Crippen LogP contribution in [0.25, 0.3) is 0 Å². The molecule has 0 bridgehead atoms. The number of methoxy groups -OCH3 is 1. The summed E-state index contributed by atoms with van der Waals surface area (Å²) < 4.78 is 4.55. The maximum Gasteiger partial charge on any atom is 0.341 e. The molecule has 0 saturated carbocycles. The van der Waals surface area contributed by atoms with Crippen LogP contribution in [0.15, 0.2) is 18.2 Å². The van der Waals surface area contributed by atoms with Gasteiger partial charge >= 0.3 is 5.97 Å². The van der Waals surface area contributed by atoms with Crippen LogP contribution in [0.1, 0.15) is 29.3 Å². The summed E-state index contributed by atoms with van der Waals surface area (Å²) in [5, 5.41) is 9.72. The average Bonchev–Trinajstić information content (AvgIpc) is 2.20. The van der Waals surface area contributed by atoms with E-state index in [4.69, 9.17) is 0 Å². The van der Waals surface area contributed by atoms with Gasteiger partial charge in [-0.15, -0.1) is 0 Å². The number of carbonyl (C=O) groups excluding carboxylic acids is 1. The molecule has 0 aliphatic heterocycles. The summed E-state index contributed by atoms with van der Waals surface area (Å²) >= 11 is 0. The first-order valence-corrected chi connectivity index (χ1v) is 4.59. The molecule has 3 nitrogen and oxygen atoms in total. The summed E-state index contributed by atoms with van der Waals surface area (Å²) in [5.74, 6) is -0.457. The fraction of sp³-hybridized carbons (Fsp3) is 0.364. The molecule has 0 aliphatic carbocycles. The molecule has 0 saturated heterocycles. The molecule has 14 heavy (non-hydrogen) atoms. The largest absolute Gasteiger partial charge is 0.507 e. The number of ether oxygens (including phenoxy) is 1. The Bertz CT molecular complexity index is 331. The Morgan fingerprint density at radius 2 is 2.21 bits per heavy atom. The van der Waals surface area contributed by atoms with Crippen LogP contribution in [-0.4, -0.2) is 18.2 Å². The molecular formula is C11H14O3. The van der Waals surface area contributed by atoms with Crippen molar-refractivity contribution in [3.05, 3.63) is 29.3 Å². The normalized spacial score (nSPS) is 9.86. The van der Waals surface area contributed by atoms with Crippen molar-refractivity contribution in [2.45, 2.75) is 19.8 Å². The molecule has 1 N–H and O–H groups in total. The van der Waals surface area contributed by atoms with Gasteiger partial charge in [-0.2, -0.15) is 0 Å². The Morgan fingerprint density at radius 3 is 2.79 bits per heavy atom. The minimum atomic E-state index is -0.500. The Labute approximate surface area is 83.3 Å². The summed E-state index contributed by atoms with van der Waals surface area (Å²) in [6.45, 7) is 2.02. The van der Waals surface area contributed by atoms with E-state index < -0.39 is 5.97 Å². The maximum atomic E-state index is 11.2. The van der Waals surface area contributed by atoms with Gasteiger partial charge < -0.3 is 9.84 Å². The van der Waals surface area contributed by atoms with Crippen LogP contribution >= 0.6 is 0 Å². The third-order valence-corrected chi connectivity index (χ3v) is 2.04. The SMILES string of the molecule is CCCc1cccc(C(=O)OC)c1O. The lowest BCUT2D eigenvalue weighted by Crippen LogP contribution is -2.02. The van der Waals surface area contributed by atoms with Crippen LogP contribution in [0.3, 0.4) is 0 Å². The predicted molar refractivity (Wildman–Crippen MR) is 53.4 cm³/mol. The summed E-state index contributed by atoms with van der Waals surface area (Å²) in [6, 6.07) is 5.11. The third-order valence-electron chi connectivity index (χ3n) is 2.04. The number of aryl methyl sites for hydroxylation is 1. The average molecular weight is 194 g/mol. The lowest BCUT2D eigenvalue weighted by molar-refractivity contribution is 0.0597. The molecule has 0 aliphatic rings. The van der Waals surface area contributed by atoms with Crippen LogP contribution in [-0.2, 0) is 11.2 Å². The number of phenols is 1. The molecule has 1 aromatic rings. The lowest BCUT2D eigenvalue weighted by atomic mass is 10.1. The first-order valence-electron chi connectivity index (χ1n) is 4.59. The standard InChI is InChI=1S/C11H14O3/c1-3-5-8-6-4-7-9(10(8)12)11(13)14-2/h4,6-7,12H,3,5H2,1-2H3. The second kappa shape index (κ2) is 4.65. The molecule has 0 heterocycles. The van der Waals surface area contributed by atoms with E-state index in [1.54, 1.807) is 12.1 Å². The van der Waals surface area contributed by atoms with Gasteiger partial charge in [0.1, 0.15) is 11.3 Å². The van der Waals surface area contributed by atoms with Crippen LogP contribution in [0.2, 0.25) is 0 Å². The highest BCUT2D eigenvalue weighted by Gasteiger charge is 2.13. The molecule has 0 aromatic heterocycles. The van der Waals surface area contributed by atoms with Crippen molar-refractivity contribution in [1.29, 1.82) is 0 Å². The number of rotatable bonds is 3. The number of esters is 1. The number of phenolic OH excluding ortho intramolecular Hbond substituents is 1. The van der Waals surface area contributed by atoms with Crippen LogP contribution in [0.5, 0.6) is 5.75 Å². The van der Waals surface area contributed by atoms with E-state index in [-0.39, 0.29) is 11.3 Å². The molecular weight excluding hydrogens is 180 g/mol. The van der Waals surface area contributed by atoms with Crippen molar-refractivity contribution in [3.8, 4) is 5.75 Å². The number of hydrogen-bond acceptors (Lipinski definition) is 3. The molecule has 1 rings (SSSR count). The monoisotopic (exact) mass is 194 g/mol. The Morgan fingerprint density at radius 1 is 1.50 bits per heavy atom. The van der Waals surface area contributed by atoms with Crippen LogP contribution < -0.4 is 0 Å². The highest BCUT2D eigenvalue weighted by Crippen LogP contribution is 2.24. The third kappa shape index (κ3) is 2.05. The summed E-state index contributed by atoms with van der Waals surface area (Å²) in [6.07, 6.45) is 1.69.